The molecule has 0 amide bonds. The normalized spacial score (nSPS) is 12.4. The quantitative estimate of drug-likeness (QED) is 0.758. The fourth-order valence-electron chi connectivity index (χ4n) is 2.68. The maximum absolute atomic E-state index is 3.48. The molecule has 0 aliphatic rings. The van der Waals surface area contributed by atoms with Crippen molar-refractivity contribution in [3.63, 3.8) is 0 Å². The Hall–Kier alpha value is -0.870. The van der Waals surface area contributed by atoms with Crippen LogP contribution in [-0.2, 0) is 6.42 Å². The lowest BCUT2D eigenvalue weighted by Crippen LogP contribution is -2.21. The van der Waals surface area contributed by atoms with Gasteiger partial charge in [-0.1, -0.05) is 36.4 Å². The summed E-state index contributed by atoms with van der Waals surface area (Å²) in [6, 6.07) is 13.5. The van der Waals surface area contributed by atoms with Crippen LogP contribution in [0.25, 0.3) is 0 Å². The van der Waals surface area contributed by atoms with Crippen LogP contribution >= 0.6 is 22.6 Å². The van der Waals surface area contributed by atoms with Crippen LogP contribution < -0.4 is 5.32 Å². The highest BCUT2D eigenvalue weighted by Crippen LogP contribution is 2.27. The van der Waals surface area contributed by atoms with Crippen LogP contribution in [-0.4, -0.2) is 7.05 Å². The number of aryl methyl sites for hydroxylation is 3. The van der Waals surface area contributed by atoms with Crippen molar-refractivity contribution in [3.8, 4) is 0 Å². The second-order valence-electron chi connectivity index (χ2n) is 5.39. The molecule has 0 saturated heterocycles. The first kappa shape index (κ1) is 15.5. The minimum absolute atomic E-state index is 0.363. The maximum atomic E-state index is 3.48. The predicted octanol–water partition coefficient (Wildman–Crippen LogP) is 4.72. The van der Waals surface area contributed by atoms with Gasteiger partial charge < -0.3 is 5.32 Å². The molecule has 0 bridgehead atoms. The van der Waals surface area contributed by atoms with Gasteiger partial charge in [0, 0.05) is 9.61 Å². The van der Waals surface area contributed by atoms with E-state index in [1.165, 1.54) is 31.4 Å². The Bertz CT molecular complexity index is 584. The average Bonchev–Trinajstić information content (AvgIpc) is 2.42. The standard InChI is InChI=1S/C18H22IN/c1-12-7-5-8-13(2)16(12)11-17(20-4)15-10-6-9-14(3)18(15)19/h5-10,17,20H,11H2,1-4H3. The van der Waals surface area contributed by atoms with Crippen molar-refractivity contribution in [2.45, 2.75) is 33.2 Å². The van der Waals surface area contributed by atoms with Crippen LogP contribution in [0.3, 0.4) is 0 Å². The number of hydrogen-bond donors (Lipinski definition) is 1. The second-order valence-corrected chi connectivity index (χ2v) is 6.47. The smallest absolute Gasteiger partial charge is 0.0369 e. The molecule has 0 aliphatic heterocycles. The zero-order valence-corrected chi connectivity index (χ0v) is 14.8. The minimum atomic E-state index is 0.363. The van der Waals surface area contributed by atoms with E-state index >= 15 is 0 Å². The average molecular weight is 379 g/mol. The van der Waals surface area contributed by atoms with E-state index in [0.29, 0.717) is 6.04 Å². The first-order valence-corrected chi connectivity index (χ1v) is 8.09. The number of likely N-dealkylation sites (N-methyl/N-ethyl adjacent to an activating group) is 1. The van der Waals surface area contributed by atoms with E-state index in [0.717, 1.165) is 6.42 Å². The first-order chi connectivity index (χ1) is 9.54. The van der Waals surface area contributed by atoms with Crippen LogP contribution in [0.2, 0.25) is 0 Å². The molecule has 2 rings (SSSR count). The summed E-state index contributed by atoms with van der Waals surface area (Å²) in [5, 5.41) is 3.48. The molecule has 106 valence electrons. The summed E-state index contributed by atoms with van der Waals surface area (Å²) in [6.45, 7) is 6.59. The molecular formula is C18H22IN. The van der Waals surface area contributed by atoms with Gasteiger partial charge in [0.2, 0.25) is 0 Å². The molecule has 0 aromatic heterocycles. The van der Waals surface area contributed by atoms with E-state index in [2.05, 4.69) is 92.1 Å². The highest BCUT2D eigenvalue weighted by atomic mass is 127. The van der Waals surface area contributed by atoms with Gasteiger partial charge in [-0.25, -0.2) is 0 Å². The molecule has 2 aromatic carbocycles. The summed E-state index contributed by atoms with van der Waals surface area (Å²) in [4.78, 5) is 0. The number of halogens is 1. The lowest BCUT2D eigenvalue weighted by molar-refractivity contribution is 0.586. The molecule has 1 atom stereocenters. The van der Waals surface area contributed by atoms with E-state index in [-0.39, 0.29) is 0 Å². The van der Waals surface area contributed by atoms with Crippen molar-refractivity contribution >= 4 is 22.6 Å². The van der Waals surface area contributed by atoms with Crippen LogP contribution in [0.1, 0.15) is 33.9 Å². The summed E-state index contributed by atoms with van der Waals surface area (Å²) in [6.07, 6.45) is 1.04. The number of nitrogens with one attached hydrogen (secondary N) is 1. The Balaban J connectivity index is 2.37. The molecule has 0 radical (unpaired) electrons. The van der Waals surface area contributed by atoms with Crippen molar-refractivity contribution in [2.24, 2.45) is 0 Å². The Morgan fingerprint density at radius 2 is 1.50 bits per heavy atom. The van der Waals surface area contributed by atoms with E-state index in [9.17, 15) is 0 Å². The van der Waals surface area contributed by atoms with Crippen LogP contribution in [0.4, 0.5) is 0 Å². The molecule has 1 N–H and O–H groups in total. The molecule has 2 heteroatoms. The predicted molar refractivity (Wildman–Crippen MR) is 95.3 cm³/mol. The van der Waals surface area contributed by atoms with Crippen molar-refractivity contribution in [2.75, 3.05) is 7.05 Å². The molecule has 2 aromatic rings. The molecule has 0 saturated carbocycles. The maximum Gasteiger partial charge on any atom is 0.0369 e. The molecule has 0 fully saturated rings. The Labute approximate surface area is 135 Å². The summed E-state index contributed by atoms with van der Waals surface area (Å²) in [5.74, 6) is 0. The summed E-state index contributed by atoms with van der Waals surface area (Å²) < 4.78 is 1.37. The Kier molecular flexibility index (Phi) is 5.22. The van der Waals surface area contributed by atoms with Crippen LogP contribution in [0, 0.1) is 24.3 Å². The Morgan fingerprint density at radius 1 is 0.950 bits per heavy atom. The SMILES string of the molecule is CNC(Cc1c(C)cccc1C)c1cccc(C)c1I. The zero-order chi connectivity index (χ0) is 14.7. The van der Waals surface area contributed by atoms with Gasteiger partial charge in [0.05, 0.1) is 0 Å². The fraction of sp³-hybridized carbons (Fsp3) is 0.333. The van der Waals surface area contributed by atoms with Crippen molar-refractivity contribution in [1.29, 1.82) is 0 Å². The first-order valence-electron chi connectivity index (χ1n) is 7.02. The zero-order valence-electron chi connectivity index (χ0n) is 12.6. The van der Waals surface area contributed by atoms with Crippen molar-refractivity contribution < 1.29 is 0 Å². The van der Waals surface area contributed by atoms with Gasteiger partial charge in [0.25, 0.3) is 0 Å². The fourth-order valence-corrected chi connectivity index (χ4v) is 3.42. The second kappa shape index (κ2) is 6.72. The van der Waals surface area contributed by atoms with Gasteiger partial charge in [0.1, 0.15) is 0 Å². The summed E-state index contributed by atoms with van der Waals surface area (Å²) in [7, 11) is 2.05. The third kappa shape index (κ3) is 3.23. The van der Waals surface area contributed by atoms with Gasteiger partial charge in [0.15, 0.2) is 0 Å². The van der Waals surface area contributed by atoms with E-state index in [1.807, 2.05) is 0 Å². The van der Waals surface area contributed by atoms with Crippen molar-refractivity contribution in [1.82, 2.24) is 5.32 Å². The molecular weight excluding hydrogens is 357 g/mol. The third-order valence-corrected chi connectivity index (χ3v) is 5.47. The Morgan fingerprint density at radius 3 is 2.10 bits per heavy atom. The van der Waals surface area contributed by atoms with Crippen LogP contribution in [0.5, 0.6) is 0 Å². The molecule has 20 heavy (non-hydrogen) atoms. The molecule has 0 spiro atoms. The summed E-state index contributed by atoms with van der Waals surface area (Å²) in [5.41, 5.74) is 6.98. The largest absolute Gasteiger partial charge is 0.313 e. The lowest BCUT2D eigenvalue weighted by Gasteiger charge is -2.21. The summed E-state index contributed by atoms with van der Waals surface area (Å²) >= 11 is 2.46. The van der Waals surface area contributed by atoms with Gasteiger partial charge in [-0.3, -0.25) is 0 Å². The lowest BCUT2D eigenvalue weighted by atomic mass is 9.92. The topological polar surface area (TPSA) is 12.0 Å². The molecule has 0 heterocycles. The molecule has 0 aliphatic carbocycles. The van der Waals surface area contributed by atoms with E-state index < -0.39 is 0 Å². The number of benzene rings is 2. The van der Waals surface area contributed by atoms with Crippen LogP contribution in [0.15, 0.2) is 36.4 Å². The van der Waals surface area contributed by atoms with Crippen molar-refractivity contribution in [3.05, 3.63) is 67.8 Å². The van der Waals surface area contributed by atoms with Gasteiger partial charge >= 0.3 is 0 Å². The molecule has 1 nitrogen and oxygen atoms in total. The van der Waals surface area contributed by atoms with E-state index in [4.69, 9.17) is 0 Å². The van der Waals surface area contributed by atoms with Gasteiger partial charge in [-0.2, -0.15) is 0 Å². The number of hydrogen-bond acceptors (Lipinski definition) is 1. The van der Waals surface area contributed by atoms with Gasteiger partial charge in [-0.05, 0) is 84.6 Å². The highest BCUT2D eigenvalue weighted by molar-refractivity contribution is 14.1. The number of rotatable bonds is 4. The monoisotopic (exact) mass is 379 g/mol. The highest BCUT2D eigenvalue weighted by Gasteiger charge is 2.16. The van der Waals surface area contributed by atoms with E-state index in [1.54, 1.807) is 0 Å². The minimum Gasteiger partial charge on any atom is -0.313 e. The van der Waals surface area contributed by atoms with Gasteiger partial charge in [-0.15, -0.1) is 0 Å². The molecule has 1 unspecified atom stereocenters. The third-order valence-electron chi connectivity index (χ3n) is 4.00.